The van der Waals surface area contributed by atoms with E-state index in [1.165, 1.54) is 39.4 Å². The van der Waals surface area contributed by atoms with Crippen LogP contribution in [0, 0.1) is 17.8 Å². The maximum absolute atomic E-state index is 14.2. The second-order valence-corrected chi connectivity index (χ2v) is 13.1. The zero-order chi connectivity index (χ0) is 33.0. The van der Waals surface area contributed by atoms with Crippen molar-refractivity contribution in [1.29, 1.82) is 0 Å². The molecule has 1 saturated carbocycles. The van der Waals surface area contributed by atoms with Gasteiger partial charge in [-0.25, -0.2) is 4.98 Å². The van der Waals surface area contributed by atoms with Crippen LogP contribution in [0.2, 0.25) is 5.02 Å². The number of aromatic hydroxyl groups is 1. The summed E-state index contributed by atoms with van der Waals surface area (Å²) < 4.78 is 45.9. The second kappa shape index (κ2) is 10.2. The van der Waals surface area contributed by atoms with Gasteiger partial charge < -0.3 is 9.84 Å². The first-order valence-electron chi connectivity index (χ1n) is 13.6. The van der Waals surface area contributed by atoms with Crippen LogP contribution in [0.3, 0.4) is 0 Å². The van der Waals surface area contributed by atoms with Crippen LogP contribution in [0.25, 0.3) is 0 Å². The molecule has 238 valence electrons. The molecule has 2 aromatic rings. The fraction of sp³-hybridized carbons (Fsp3) is 0.414. The van der Waals surface area contributed by atoms with Crippen LogP contribution >= 0.6 is 34.8 Å². The predicted molar refractivity (Wildman–Crippen MR) is 155 cm³/mol. The predicted octanol–water partition coefficient (Wildman–Crippen LogP) is 4.51. The van der Waals surface area contributed by atoms with Crippen LogP contribution in [-0.2, 0) is 25.4 Å². The third-order valence-electron chi connectivity index (χ3n) is 9.24. The number of likely N-dealkylation sites (tertiary alicyclic amines) is 1. The minimum atomic E-state index is -4.82. The van der Waals surface area contributed by atoms with Crippen LogP contribution in [0.15, 0.2) is 42.0 Å². The number of fused-ring (bicyclic) bond motifs is 4. The van der Waals surface area contributed by atoms with E-state index >= 15 is 0 Å². The van der Waals surface area contributed by atoms with Crippen molar-refractivity contribution in [2.24, 2.45) is 17.8 Å². The highest BCUT2D eigenvalue weighted by Gasteiger charge is 2.76. The summed E-state index contributed by atoms with van der Waals surface area (Å²) in [5.41, 5.74) is -0.501. The Morgan fingerprint density at radius 1 is 1.07 bits per heavy atom. The van der Waals surface area contributed by atoms with Crippen LogP contribution in [0.1, 0.15) is 30.0 Å². The highest BCUT2D eigenvalue weighted by atomic mass is 35.5. The number of aromatic nitrogens is 1. The Hall–Kier alpha value is -3.55. The zero-order valence-corrected chi connectivity index (χ0v) is 26.0. The molecule has 4 aliphatic rings. The smallest absolute Gasteiger partial charge is 0.433 e. The molecular formula is C29H24Cl3F3N4O6. The van der Waals surface area contributed by atoms with Gasteiger partial charge >= 0.3 is 6.18 Å². The van der Waals surface area contributed by atoms with Crippen LogP contribution < -0.4 is 9.75 Å². The molecule has 2 aliphatic carbocycles. The number of hydrazine groups is 1. The fourth-order valence-electron chi connectivity index (χ4n) is 7.22. The number of imide groups is 2. The first kappa shape index (κ1) is 31.4. The minimum absolute atomic E-state index is 0.00624. The van der Waals surface area contributed by atoms with Gasteiger partial charge in [0.05, 0.1) is 24.0 Å². The number of pyridine rings is 1. The molecule has 6 rings (SSSR count). The lowest BCUT2D eigenvalue weighted by atomic mass is 9.56. The number of benzene rings is 1. The highest BCUT2D eigenvalue weighted by molar-refractivity contribution is 6.53. The van der Waals surface area contributed by atoms with E-state index in [2.05, 4.69) is 4.98 Å². The number of hydrogen-bond acceptors (Lipinski definition) is 8. The lowest BCUT2D eigenvalue weighted by Crippen LogP contribution is -2.60. The quantitative estimate of drug-likeness (QED) is 0.284. The second-order valence-electron chi connectivity index (χ2n) is 11.4. The number of methoxy groups -OCH3 is 1. The van der Waals surface area contributed by atoms with E-state index in [9.17, 15) is 37.5 Å². The SMILES string of the molecule is COc1cc(O)ccc1[C@H]1C2=CC[C@@H]3C(=O)N(N(C)c4nc(C(F)(F)F)ccc4Cl)C(=O)[C@@H]3[C@@H]2C[C@@]2(Cl)C(=O)N(C)C(=O)[C@@]12Cl. The van der Waals surface area contributed by atoms with Gasteiger partial charge in [0.2, 0.25) is 0 Å². The molecule has 0 radical (unpaired) electrons. The van der Waals surface area contributed by atoms with Gasteiger partial charge in [-0.15, -0.1) is 23.2 Å². The lowest BCUT2D eigenvalue weighted by Gasteiger charge is -2.50. The van der Waals surface area contributed by atoms with E-state index < -0.39 is 74.7 Å². The molecule has 3 fully saturated rings. The molecule has 1 N–H and O–H groups in total. The molecule has 45 heavy (non-hydrogen) atoms. The minimum Gasteiger partial charge on any atom is -0.508 e. The zero-order valence-electron chi connectivity index (χ0n) is 23.7. The van der Waals surface area contributed by atoms with Crippen molar-refractivity contribution in [3.8, 4) is 11.5 Å². The third kappa shape index (κ3) is 4.19. The Kier molecular flexibility index (Phi) is 7.15. The van der Waals surface area contributed by atoms with Crippen molar-refractivity contribution in [3.63, 3.8) is 0 Å². The number of allylic oxidation sites excluding steroid dienone is 2. The average molecular weight is 688 g/mol. The van der Waals surface area contributed by atoms with E-state index in [0.29, 0.717) is 22.2 Å². The maximum atomic E-state index is 14.2. The third-order valence-corrected chi connectivity index (χ3v) is 11.0. The molecule has 16 heteroatoms. The molecule has 1 aromatic carbocycles. The lowest BCUT2D eigenvalue weighted by molar-refractivity contribution is -0.141. The van der Waals surface area contributed by atoms with Gasteiger partial charge in [0, 0.05) is 31.6 Å². The summed E-state index contributed by atoms with van der Waals surface area (Å²) in [5, 5.41) is 11.5. The van der Waals surface area contributed by atoms with Gasteiger partial charge in [-0.2, -0.15) is 18.2 Å². The van der Waals surface area contributed by atoms with Crippen LogP contribution in [0.5, 0.6) is 11.5 Å². The monoisotopic (exact) mass is 686 g/mol. The Bertz CT molecular complexity index is 1720. The summed E-state index contributed by atoms with van der Waals surface area (Å²) in [6, 6.07) is 5.78. The van der Waals surface area contributed by atoms with Gasteiger partial charge in [0.15, 0.2) is 15.6 Å². The molecule has 4 amide bonds. The van der Waals surface area contributed by atoms with E-state index in [1.807, 2.05) is 0 Å². The first-order valence-corrected chi connectivity index (χ1v) is 14.7. The molecule has 0 unspecified atom stereocenters. The van der Waals surface area contributed by atoms with Crippen LogP contribution in [0.4, 0.5) is 19.0 Å². The number of amides is 4. The van der Waals surface area contributed by atoms with Crippen LogP contribution in [-0.4, -0.2) is 74.6 Å². The number of carbonyl (C=O) groups excluding carboxylic acids is 4. The molecule has 0 bridgehead atoms. The average Bonchev–Trinajstić information content (AvgIpc) is 3.31. The summed E-state index contributed by atoms with van der Waals surface area (Å²) in [5.74, 6) is -7.68. The first-order chi connectivity index (χ1) is 21.0. The molecule has 6 atom stereocenters. The highest BCUT2D eigenvalue weighted by Crippen LogP contribution is 2.66. The number of hydrogen-bond donors (Lipinski definition) is 1. The molecule has 2 saturated heterocycles. The number of halogens is 6. The van der Waals surface area contributed by atoms with Gasteiger partial charge in [-0.1, -0.05) is 29.3 Å². The summed E-state index contributed by atoms with van der Waals surface area (Å²) >= 11 is 20.4. The van der Waals surface area contributed by atoms with E-state index in [0.717, 1.165) is 16.0 Å². The molecule has 3 heterocycles. The largest absolute Gasteiger partial charge is 0.508 e. The molecule has 2 aliphatic heterocycles. The van der Waals surface area contributed by atoms with Gasteiger partial charge in [-0.05, 0) is 37.0 Å². The molecule has 0 spiro atoms. The topological polar surface area (TPSA) is 120 Å². The standard InChI is InChI=1S/C29H24Cl3F3N4O6/c1-37-25(43)27(31)11-16-13(21(28(27,32)26(37)44)14-5-4-12(40)10-18(14)45-3)6-7-15-20(16)24(42)39(23(15)41)38(2)22-17(30)8-9-19(36-22)29(33,34)35/h4-6,8-10,15-16,20-21,40H,7,11H2,1-3H3/t15-,16+,20-,21+,27+,28-/m0/s1. The van der Waals surface area contributed by atoms with Crippen molar-refractivity contribution >= 4 is 64.2 Å². The Morgan fingerprint density at radius 2 is 1.76 bits per heavy atom. The van der Waals surface area contributed by atoms with E-state index in [4.69, 9.17) is 39.5 Å². The molecule has 1 aromatic heterocycles. The van der Waals surface area contributed by atoms with Crippen molar-refractivity contribution in [3.05, 3.63) is 58.3 Å². The fourth-order valence-corrected chi connectivity index (χ4v) is 8.46. The Labute approximate surface area is 269 Å². The number of alkyl halides is 5. The normalized spacial score (nSPS) is 31.1. The number of phenols is 1. The summed E-state index contributed by atoms with van der Waals surface area (Å²) in [6.07, 6.45) is -3.43. The van der Waals surface area contributed by atoms with Gasteiger partial charge in [-0.3, -0.25) is 29.1 Å². The number of ether oxygens (including phenoxy) is 1. The molecule has 10 nitrogen and oxygen atoms in total. The van der Waals surface area contributed by atoms with Crippen molar-refractivity contribution < 1.29 is 42.2 Å². The number of nitrogens with zero attached hydrogens (tertiary/aromatic N) is 4. The Balaban J connectivity index is 1.47. The number of phenolic OH excluding ortho intramolecular Hbond substituents is 1. The maximum Gasteiger partial charge on any atom is 0.433 e. The molecular weight excluding hydrogens is 664 g/mol. The number of rotatable bonds is 4. The Morgan fingerprint density at radius 3 is 2.40 bits per heavy atom. The van der Waals surface area contributed by atoms with Gasteiger partial charge in [0.1, 0.15) is 17.2 Å². The van der Waals surface area contributed by atoms with Crippen molar-refractivity contribution in [2.75, 3.05) is 26.2 Å². The summed E-state index contributed by atoms with van der Waals surface area (Å²) in [4.78, 5) is 55.5. The summed E-state index contributed by atoms with van der Waals surface area (Å²) in [6.45, 7) is 0. The number of anilines is 1. The number of carbonyl (C=O) groups is 4. The summed E-state index contributed by atoms with van der Waals surface area (Å²) in [7, 11) is 3.78. The van der Waals surface area contributed by atoms with E-state index in [-0.39, 0.29) is 29.4 Å². The van der Waals surface area contributed by atoms with E-state index in [1.54, 1.807) is 6.08 Å². The van der Waals surface area contributed by atoms with Crippen molar-refractivity contribution in [1.82, 2.24) is 14.9 Å². The van der Waals surface area contributed by atoms with Gasteiger partial charge in [0.25, 0.3) is 23.6 Å². The van der Waals surface area contributed by atoms with Crippen molar-refractivity contribution in [2.45, 2.75) is 34.7 Å².